The van der Waals surface area contributed by atoms with Crippen LogP contribution in [0.5, 0.6) is 5.75 Å². The first-order valence-electron chi connectivity index (χ1n) is 8.56. The van der Waals surface area contributed by atoms with E-state index in [-0.39, 0.29) is 11.4 Å². The summed E-state index contributed by atoms with van der Waals surface area (Å²) >= 11 is 0. The molecule has 0 heterocycles. The van der Waals surface area contributed by atoms with E-state index in [2.05, 4.69) is 5.32 Å². The Morgan fingerprint density at radius 1 is 1.21 bits per heavy atom. The van der Waals surface area contributed by atoms with Crippen LogP contribution in [0.15, 0.2) is 54.2 Å². The largest absolute Gasteiger partial charge is 0.493 e. The van der Waals surface area contributed by atoms with Gasteiger partial charge in [0.25, 0.3) is 17.5 Å². The number of benzene rings is 2. The molecule has 0 saturated carbocycles. The molecule has 146 valence electrons. The third kappa shape index (κ3) is 5.94. The minimum Gasteiger partial charge on any atom is -0.493 e. The lowest BCUT2D eigenvalue weighted by Gasteiger charge is -2.10. The number of ether oxygens (including phenoxy) is 1. The minimum absolute atomic E-state index is 0.138. The number of hydrogen-bond acceptors (Lipinski definition) is 5. The van der Waals surface area contributed by atoms with Gasteiger partial charge in [0, 0.05) is 17.7 Å². The number of hydrogen-bond donors (Lipinski definition) is 2. The van der Waals surface area contributed by atoms with Crippen LogP contribution in [0.3, 0.4) is 0 Å². The van der Waals surface area contributed by atoms with Gasteiger partial charge in [0.05, 0.1) is 11.5 Å². The maximum Gasteiger partial charge on any atom is 0.270 e. The van der Waals surface area contributed by atoms with E-state index >= 15 is 0 Å². The lowest BCUT2D eigenvalue weighted by atomic mass is 10.1. The van der Waals surface area contributed by atoms with Gasteiger partial charge in [0.1, 0.15) is 11.4 Å². The SMILES string of the molecule is CC(C)COc1ccc(C(=O)NC(=Cc2cccc([N+](=O)[O-])c2)C(N)=O)cc1. The summed E-state index contributed by atoms with van der Waals surface area (Å²) in [4.78, 5) is 34.4. The Morgan fingerprint density at radius 2 is 1.89 bits per heavy atom. The van der Waals surface area contributed by atoms with Crippen molar-refractivity contribution in [1.82, 2.24) is 5.32 Å². The Hall–Kier alpha value is -3.68. The molecule has 0 aliphatic rings. The van der Waals surface area contributed by atoms with Gasteiger partial charge >= 0.3 is 0 Å². The first-order valence-corrected chi connectivity index (χ1v) is 8.56. The summed E-state index contributed by atoms with van der Waals surface area (Å²) in [5.41, 5.74) is 5.68. The van der Waals surface area contributed by atoms with E-state index in [0.717, 1.165) is 0 Å². The van der Waals surface area contributed by atoms with Crippen molar-refractivity contribution >= 4 is 23.6 Å². The van der Waals surface area contributed by atoms with Crippen molar-refractivity contribution in [3.63, 3.8) is 0 Å². The van der Waals surface area contributed by atoms with Crippen molar-refractivity contribution in [1.29, 1.82) is 0 Å². The number of nitrogens with zero attached hydrogens (tertiary/aromatic N) is 1. The van der Waals surface area contributed by atoms with Crippen LogP contribution in [-0.2, 0) is 4.79 Å². The summed E-state index contributed by atoms with van der Waals surface area (Å²) in [6.07, 6.45) is 1.29. The van der Waals surface area contributed by atoms with Gasteiger partial charge in [-0.3, -0.25) is 19.7 Å². The molecule has 0 aromatic heterocycles. The quantitative estimate of drug-likeness (QED) is 0.412. The van der Waals surface area contributed by atoms with Gasteiger partial charge in [-0.1, -0.05) is 26.0 Å². The van der Waals surface area contributed by atoms with E-state index in [1.807, 2.05) is 13.8 Å². The standard InChI is InChI=1S/C20H21N3O5/c1-13(2)12-28-17-8-6-15(7-9-17)20(25)22-18(19(21)24)11-14-4-3-5-16(10-14)23(26)27/h3-11,13H,12H2,1-2H3,(H2,21,24)(H,22,25). The number of carbonyl (C=O) groups excluding carboxylic acids is 2. The molecule has 0 fully saturated rings. The Labute approximate surface area is 162 Å². The van der Waals surface area contributed by atoms with Gasteiger partial charge in [0.2, 0.25) is 0 Å². The molecule has 3 N–H and O–H groups in total. The fourth-order valence-electron chi connectivity index (χ4n) is 2.22. The van der Waals surface area contributed by atoms with E-state index in [4.69, 9.17) is 10.5 Å². The molecule has 0 saturated heterocycles. The Kier molecular flexibility index (Phi) is 6.86. The Balaban J connectivity index is 2.15. The smallest absolute Gasteiger partial charge is 0.270 e. The number of non-ortho nitro benzene ring substituents is 1. The highest BCUT2D eigenvalue weighted by atomic mass is 16.6. The zero-order chi connectivity index (χ0) is 20.7. The second kappa shape index (κ2) is 9.31. The van der Waals surface area contributed by atoms with Crippen molar-refractivity contribution in [2.75, 3.05) is 6.61 Å². The fraction of sp³-hybridized carbons (Fsp3) is 0.200. The number of nitrogens with two attached hydrogens (primary N) is 1. The van der Waals surface area contributed by atoms with Gasteiger partial charge in [-0.15, -0.1) is 0 Å². The highest BCUT2D eigenvalue weighted by Crippen LogP contribution is 2.16. The number of primary amides is 1. The van der Waals surface area contributed by atoms with Crippen LogP contribution < -0.4 is 15.8 Å². The van der Waals surface area contributed by atoms with E-state index < -0.39 is 16.7 Å². The molecule has 2 aromatic rings. The van der Waals surface area contributed by atoms with Gasteiger partial charge in [-0.05, 0) is 41.8 Å². The highest BCUT2D eigenvalue weighted by Gasteiger charge is 2.13. The van der Waals surface area contributed by atoms with Crippen LogP contribution in [0.1, 0.15) is 29.8 Å². The lowest BCUT2D eigenvalue weighted by molar-refractivity contribution is -0.384. The van der Waals surface area contributed by atoms with Crippen molar-refractivity contribution < 1.29 is 19.2 Å². The van der Waals surface area contributed by atoms with Crippen LogP contribution in [0.2, 0.25) is 0 Å². The molecule has 0 aliphatic carbocycles. The molecule has 28 heavy (non-hydrogen) atoms. The fourth-order valence-corrected chi connectivity index (χ4v) is 2.22. The highest BCUT2D eigenvalue weighted by molar-refractivity contribution is 6.04. The van der Waals surface area contributed by atoms with Gasteiger partial charge < -0.3 is 15.8 Å². The number of rotatable bonds is 8. The van der Waals surface area contributed by atoms with Crippen molar-refractivity contribution in [3.8, 4) is 5.75 Å². The molecule has 0 spiro atoms. The van der Waals surface area contributed by atoms with Crippen LogP contribution in [0.4, 0.5) is 5.69 Å². The molecule has 0 bridgehead atoms. The monoisotopic (exact) mass is 383 g/mol. The molecule has 0 aliphatic heterocycles. The number of nitrogens with one attached hydrogen (secondary N) is 1. The molecular weight excluding hydrogens is 362 g/mol. The first-order chi connectivity index (χ1) is 13.3. The minimum atomic E-state index is -0.864. The normalized spacial score (nSPS) is 11.2. The zero-order valence-electron chi connectivity index (χ0n) is 15.5. The molecule has 0 radical (unpaired) electrons. The number of nitro groups is 1. The van der Waals surface area contributed by atoms with Gasteiger partial charge in [-0.2, -0.15) is 0 Å². The molecule has 0 atom stereocenters. The maximum atomic E-state index is 12.4. The van der Waals surface area contributed by atoms with E-state index in [0.29, 0.717) is 29.4 Å². The molecule has 2 amide bonds. The summed E-state index contributed by atoms with van der Waals surface area (Å²) in [6.45, 7) is 4.62. The molecular formula is C20H21N3O5. The first kappa shape index (κ1) is 20.6. The number of carbonyl (C=O) groups is 2. The van der Waals surface area contributed by atoms with Gasteiger partial charge in [0.15, 0.2) is 0 Å². The number of nitro benzene ring substituents is 1. The Morgan fingerprint density at radius 3 is 2.46 bits per heavy atom. The maximum absolute atomic E-state index is 12.4. The molecule has 8 heteroatoms. The lowest BCUT2D eigenvalue weighted by Crippen LogP contribution is -2.31. The summed E-state index contributed by atoms with van der Waals surface area (Å²) < 4.78 is 5.56. The molecule has 8 nitrogen and oxygen atoms in total. The van der Waals surface area contributed by atoms with E-state index in [1.165, 1.54) is 24.3 Å². The molecule has 2 aromatic carbocycles. The second-order valence-corrected chi connectivity index (χ2v) is 6.46. The third-order valence-electron chi connectivity index (χ3n) is 3.61. The number of amides is 2. The predicted octanol–water partition coefficient (Wildman–Crippen LogP) is 2.89. The van der Waals surface area contributed by atoms with Crippen molar-refractivity contribution in [2.24, 2.45) is 11.7 Å². The van der Waals surface area contributed by atoms with Crippen molar-refractivity contribution in [2.45, 2.75) is 13.8 Å². The molecule has 0 unspecified atom stereocenters. The average Bonchev–Trinajstić information content (AvgIpc) is 2.66. The summed E-state index contributed by atoms with van der Waals surface area (Å²) in [6, 6.07) is 12.1. The topological polar surface area (TPSA) is 125 Å². The van der Waals surface area contributed by atoms with E-state index in [1.54, 1.807) is 30.3 Å². The van der Waals surface area contributed by atoms with Gasteiger partial charge in [-0.25, -0.2) is 0 Å². The van der Waals surface area contributed by atoms with Crippen LogP contribution in [-0.4, -0.2) is 23.3 Å². The average molecular weight is 383 g/mol. The predicted molar refractivity (Wildman–Crippen MR) is 105 cm³/mol. The third-order valence-corrected chi connectivity index (χ3v) is 3.61. The van der Waals surface area contributed by atoms with Crippen LogP contribution in [0.25, 0.3) is 6.08 Å². The summed E-state index contributed by atoms with van der Waals surface area (Å²) in [5.74, 6) is -0.393. The summed E-state index contributed by atoms with van der Waals surface area (Å²) in [7, 11) is 0. The summed E-state index contributed by atoms with van der Waals surface area (Å²) in [5, 5.41) is 13.3. The van der Waals surface area contributed by atoms with Crippen LogP contribution >= 0.6 is 0 Å². The zero-order valence-corrected chi connectivity index (χ0v) is 15.5. The van der Waals surface area contributed by atoms with Crippen LogP contribution in [0, 0.1) is 16.0 Å². The van der Waals surface area contributed by atoms with E-state index in [9.17, 15) is 19.7 Å². The van der Waals surface area contributed by atoms with Crippen molar-refractivity contribution in [3.05, 3.63) is 75.5 Å². The Bertz CT molecular complexity index is 904. The second-order valence-electron chi connectivity index (χ2n) is 6.46. The molecule has 2 rings (SSSR count).